The van der Waals surface area contributed by atoms with Crippen molar-refractivity contribution < 1.29 is 4.79 Å². The Kier molecular flexibility index (Phi) is 2.12. The van der Waals surface area contributed by atoms with Crippen LogP contribution in [0.25, 0.3) is 0 Å². The minimum atomic E-state index is 0.0856. The van der Waals surface area contributed by atoms with Crippen LogP contribution in [-0.4, -0.2) is 17.9 Å². The molecule has 3 aliphatic rings. The molecule has 0 aromatic rings. The van der Waals surface area contributed by atoms with E-state index in [-0.39, 0.29) is 11.8 Å². The standard InChI is InChI=1S/C10H16N2O/c1-6(13)10-7-2-3-9(12-10)8(4-7)5-11/h5,7,9-10,12H,2-4,11H2,1H3/b8-5-. The zero-order chi connectivity index (χ0) is 9.42. The number of carbonyl (C=O) groups is 1. The van der Waals surface area contributed by atoms with E-state index in [0.717, 1.165) is 12.8 Å². The van der Waals surface area contributed by atoms with Gasteiger partial charge in [0.25, 0.3) is 0 Å². The van der Waals surface area contributed by atoms with E-state index in [4.69, 9.17) is 5.73 Å². The quantitative estimate of drug-likeness (QED) is 0.620. The summed E-state index contributed by atoms with van der Waals surface area (Å²) in [6.07, 6.45) is 5.02. The van der Waals surface area contributed by atoms with Gasteiger partial charge in [-0.25, -0.2) is 0 Å². The third kappa shape index (κ3) is 1.37. The highest BCUT2D eigenvalue weighted by molar-refractivity contribution is 5.82. The highest BCUT2D eigenvalue weighted by Gasteiger charge is 2.39. The molecule has 2 heterocycles. The predicted octanol–water partition coefficient (Wildman–Crippen LogP) is 0.558. The van der Waals surface area contributed by atoms with E-state index < -0.39 is 0 Å². The second kappa shape index (κ2) is 3.14. The smallest absolute Gasteiger partial charge is 0.146 e. The topological polar surface area (TPSA) is 55.1 Å². The van der Waals surface area contributed by atoms with Gasteiger partial charge in [-0.15, -0.1) is 0 Å². The van der Waals surface area contributed by atoms with E-state index in [1.54, 1.807) is 13.1 Å². The van der Waals surface area contributed by atoms with Crippen molar-refractivity contribution in [2.75, 3.05) is 0 Å². The molecule has 3 N–H and O–H groups in total. The van der Waals surface area contributed by atoms with Gasteiger partial charge in [0.1, 0.15) is 5.78 Å². The van der Waals surface area contributed by atoms with Gasteiger partial charge in [0.15, 0.2) is 0 Å². The molecule has 13 heavy (non-hydrogen) atoms. The van der Waals surface area contributed by atoms with E-state index in [2.05, 4.69) is 5.32 Å². The van der Waals surface area contributed by atoms with Crippen molar-refractivity contribution in [2.24, 2.45) is 11.7 Å². The Labute approximate surface area is 78.4 Å². The first-order valence-electron chi connectivity index (χ1n) is 4.89. The Hall–Kier alpha value is -0.830. The molecule has 72 valence electrons. The van der Waals surface area contributed by atoms with Crippen LogP contribution in [0.3, 0.4) is 0 Å². The summed E-state index contributed by atoms with van der Waals surface area (Å²) >= 11 is 0. The first-order valence-corrected chi connectivity index (χ1v) is 4.89. The Morgan fingerprint density at radius 2 is 2.38 bits per heavy atom. The summed E-state index contributed by atoms with van der Waals surface area (Å²) in [6.45, 7) is 1.67. The molecule has 2 saturated heterocycles. The van der Waals surface area contributed by atoms with Crippen molar-refractivity contribution in [3.63, 3.8) is 0 Å². The average molecular weight is 180 g/mol. The van der Waals surface area contributed by atoms with Crippen LogP contribution in [-0.2, 0) is 4.79 Å². The summed E-state index contributed by atoms with van der Waals surface area (Å²) in [4.78, 5) is 11.3. The Bertz CT molecular complexity index is 260. The summed E-state index contributed by atoms with van der Waals surface area (Å²) in [6, 6.07) is 0.450. The monoisotopic (exact) mass is 180 g/mol. The van der Waals surface area contributed by atoms with Gasteiger partial charge in [-0.1, -0.05) is 0 Å². The van der Waals surface area contributed by atoms with Gasteiger partial charge >= 0.3 is 0 Å². The summed E-state index contributed by atoms with van der Waals surface area (Å²) in [5.74, 6) is 0.753. The summed E-state index contributed by atoms with van der Waals surface area (Å²) in [7, 11) is 0. The highest BCUT2D eigenvalue weighted by atomic mass is 16.1. The van der Waals surface area contributed by atoms with E-state index >= 15 is 0 Å². The summed E-state index contributed by atoms with van der Waals surface area (Å²) < 4.78 is 0. The molecule has 0 aromatic heterocycles. The number of nitrogens with one attached hydrogen (secondary N) is 1. The Balaban J connectivity index is 2.16. The third-order valence-corrected chi connectivity index (χ3v) is 3.28. The molecule has 3 rings (SSSR count). The van der Waals surface area contributed by atoms with Crippen LogP contribution in [0.1, 0.15) is 26.2 Å². The van der Waals surface area contributed by atoms with Crippen LogP contribution < -0.4 is 11.1 Å². The molecular formula is C10H16N2O. The molecule has 0 radical (unpaired) electrons. The molecule has 3 nitrogen and oxygen atoms in total. The average Bonchev–Trinajstić information content (AvgIpc) is 2.18. The first-order chi connectivity index (χ1) is 6.22. The number of hydrogen-bond acceptors (Lipinski definition) is 3. The van der Waals surface area contributed by atoms with Crippen LogP contribution in [0.5, 0.6) is 0 Å². The molecule has 3 heteroatoms. The lowest BCUT2D eigenvalue weighted by atomic mass is 9.73. The fourth-order valence-corrected chi connectivity index (χ4v) is 2.57. The van der Waals surface area contributed by atoms with Crippen molar-refractivity contribution >= 4 is 5.78 Å². The van der Waals surface area contributed by atoms with E-state index in [9.17, 15) is 4.79 Å². The lowest BCUT2D eigenvalue weighted by Gasteiger charge is -2.44. The van der Waals surface area contributed by atoms with E-state index in [0.29, 0.717) is 12.0 Å². The summed E-state index contributed by atoms with van der Waals surface area (Å²) in [5.41, 5.74) is 6.81. The van der Waals surface area contributed by atoms with Gasteiger partial charge in [0.2, 0.25) is 0 Å². The van der Waals surface area contributed by atoms with Crippen LogP contribution in [0, 0.1) is 5.92 Å². The molecule has 1 aliphatic carbocycles. The Morgan fingerprint density at radius 3 is 2.85 bits per heavy atom. The second-order valence-electron chi connectivity index (χ2n) is 4.09. The fraction of sp³-hybridized carbons (Fsp3) is 0.700. The number of fused-ring (bicyclic) bond motifs is 3. The highest BCUT2D eigenvalue weighted by Crippen LogP contribution is 2.36. The van der Waals surface area contributed by atoms with Gasteiger partial charge in [0.05, 0.1) is 6.04 Å². The second-order valence-corrected chi connectivity index (χ2v) is 4.09. The zero-order valence-electron chi connectivity index (χ0n) is 7.92. The number of ketones is 1. The number of piperidine rings is 2. The summed E-state index contributed by atoms with van der Waals surface area (Å²) in [5, 5.41) is 3.36. The normalized spacial score (nSPS) is 41.0. The molecule has 0 aromatic carbocycles. The van der Waals surface area contributed by atoms with Gasteiger partial charge < -0.3 is 11.1 Å². The molecule has 0 spiro atoms. The van der Waals surface area contributed by atoms with Crippen molar-refractivity contribution in [1.29, 1.82) is 0 Å². The van der Waals surface area contributed by atoms with Crippen LogP contribution >= 0.6 is 0 Å². The lowest BCUT2D eigenvalue weighted by Crippen LogP contribution is -2.56. The van der Waals surface area contributed by atoms with Gasteiger partial charge in [-0.2, -0.15) is 0 Å². The molecule has 2 bridgehead atoms. The van der Waals surface area contributed by atoms with Gasteiger partial charge in [-0.3, -0.25) is 4.79 Å². The molecule has 3 unspecified atom stereocenters. The number of rotatable bonds is 1. The predicted molar refractivity (Wildman–Crippen MR) is 51.0 cm³/mol. The number of hydrogen-bond donors (Lipinski definition) is 2. The minimum absolute atomic E-state index is 0.0856. The maximum absolute atomic E-state index is 11.3. The van der Waals surface area contributed by atoms with Crippen LogP contribution in [0.2, 0.25) is 0 Å². The maximum atomic E-state index is 11.3. The van der Waals surface area contributed by atoms with Crippen molar-refractivity contribution in [1.82, 2.24) is 5.32 Å². The van der Waals surface area contributed by atoms with Crippen LogP contribution in [0.15, 0.2) is 11.8 Å². The van der Waals surface area contributed by atoms with Gasteiger partial charge in [0, 0.05) is 6.04 Å². The van der Waals surface area contributed by atoms with Crippen molar-refractivity contribution in [3.05, 3.63) is 11.8 Å². The first kappa shape index (κ1) is 8.75. The van der Waals surface area contributed by atoms with Crippen molar-refractivity contribution in [2.45, 2.75) is 38.3 Å². The third-order valence-electron chi connectivity index (χ3n) is 3.28. The minimum Gasteiger partial charge on any atom is -0.405 e. The van der Waals surface area contributed by atoms with Crippen LogP contribution in [0.4, 0.5) is 0 Å². The molecule has 1 saturated carbocycles. The molecule has 2 aliphatic heterocycles. The molecular weight excluding hydrogens is 164 g/mol. The van der Waals surface area contributed by atoms with E-state index in [1.165, 1.54) is 12.0 Å². The molecule has 3 atom stereocenters. The number of Topliss-reactive ketones (excluding diaryl/α,β-unsaturated/α-hetero) is 1. The SMILES string of the molecule is CC(=O)C1NC2CCC1C/C2=C/N. The number of carbonyl (C=O) groups excluding carboxylic acids is 1. The van der Waals surface area contributed by atoms with Gasteiger partial charge in [-0.05, 0) is 43.9 Å². The fourth-order valence-electron chi connectivity index (χ4n) is 2.57. The zero-order valence-corrected chi connectivity index (χ0v) is 7.92. The molecule has 3 fully saturated rings. The largest absolute Gasteiger partial charge is 0.405 e. The lowest BCUT2D eigenvalue weighted by molar-refractivity contribution is -0.121. The molecule has 0 amide bonds. The maximum Gasteiger partial charge on any atom is 0.146 e. The number of nitrogens with two attached hydrogens (primary N) is 1. The van der Waals surface area contributed by atoms with Crippen molar-refractivity contribution in [3.8, 4) is 0 Å². The Morgan fingerprint density at radius 1 is 1.62 bits per heavy atom. The van der Waals surface area contributed by atoms with E-state index in [1.807, 2.05) is 0 Å².